The molecule has 1 heterocycles. The number of amides is 2. The number of imide groups is 1. The van der Waals surface area contributed by atoms with Crippen molar-refractivity contribution in [2.24, 2.45) is 0 Å². The Kier molecular flexibility index (Phi) is 5.29. The van der Waals surface area contributed by atoms with Crippen LogP contribution in [-0.4, -0.2) is 43.5 Å². The van der Waals surface area contributed by atoms with Gasteiger partial charge in [-0.3, -0.25) is 4.79 Å². The van der Waals surface area contributed by atoms with Gasteiger partial charge in [-0.05, 0) is 38.9 Å². The first-order valence-corrected chi connectivity index (χ1v) is 10.5. The molecule has 0 radical (unpaired) electrons. The Morgan fingerprint density at radius 1 is 1.23 bits per heavy atom. The Balaban J connectivity index is 2.76. The van der Waals surface area contributed by atoms with Crippen LogP contribution in [0.25, 0.3) is 0 Å². The quantitative estimate of drug-likeness (QED) is 0.742. The monoisotopic (exact) mass is 327 g/mol. The van der Waals surface area contributed by atoms with E-state index in [9.17, 15) is 9.59 Å². The summed E-state index contributed by atoms with van der Waals surface area (Å²) in [6.07, 6.45) is 2.49. The smallest absolute Gasteiger partial charge is 0.417 e. The molecule has 0 aliphatic carbocycles. The van der Waals surface area contributed by atoms with E-state index in [1.165, 1.54) is 6.08 Å². The fourth-order valence-electron chi connectivity index (χ4n) is 1.70. The highest BCUT2D eigenvalue weighted by Crippen LogP contribution is 2.36. The topological polar surface area (TPSA) is 55.8 Å². The molecule has 0 aromatic heterocycles. The second kappa shape index (κ2) is 6.16. The van der Waals surface area contributed by atoms with Crippen molar-refractivity contribution in [2.75, 3.05) is 6.61 Å². The maximum atomic E-state index is 12.2. The Hall–Kier alpha value is -1.14. The van der Waals surface area contributed by atoms with Gasteiger partial charge in [0.2, 0.25) is 0 Å². The first kappa shape index (κ1) is 18.9. The van der Waals surface area contributed by atoms with E-state index in [2.05, 4.69) is 33.9 Å². The van der Waals surface area contributed by atoms with Crippen molar-refractivity contribution in [3.05, 3.63) is 12.2 Å². The van der Waals surface area contributed by atoms with Crippen molar-refractivity contribution in [3.63, 3.8) is 0 Å². The van der Waals surface area contributed by atoms with Crippen LogP contribution in [0.2, 0.25) is 18.1 Å². The van der Waals surface area contributed by atoms with Crippen LogP contribution in [0.1, 0.15) is 41.5 Å². The molecule has 126 valence electrons. The van der Waals surface area contributed by atoms with E-state index in [0.29, 0.717) is 6.61 Å². The van der Waals surface area contributed by atoms with Crippen LogP contribution in [0.5, 0.6) is 0 Å². The van der Waals surface area contributed by atoms with E-state index in [1.807, 2.05) is 0 Å². The molecule has 0 bridgehead atoms. The molecule has 0 aromatic rings. The van der Waals surface area contributed by atoms with Gasteiger partial charge < -0.3 is 9.16 Å². The lowest BCUT2D eigenvalue weighted by molar-refractivity contribution is -0.125. The Labute approximate surface area is 134 Å². The standard InChI is InChI=1S/C16H29NO4Si/c1-15(2,3)21-14(19)17-12(9-10-13(17)18)11-20-22(7,8)16(4,5)6/h9-10,12H,11H2,1-8H3. The summed E-state index contributed by atoms with van der Waals surface area (Å²) in [5.41, 5.74) is -0.634. The maximum Gasteiger partial charge on any atom is 0.417 e. The van der Waals surface area contributed by atoms with Gasteiger partial charge in [0.15, 0.2) is 8.32 Å². The zero-order valence-electron chi connectivity index (χ0n) is 15.0. The molecule has 0 spiro atoms. The number of hydrogen-bond acceptors (Lipinski definition) is 4. The van der Waals surface area contributed by atoms with Gasteiger partial charge in [0.25, 0.3) is 5.91 Å². The largest absolute Gasteiger partial charge is 0.443 e. The van der Waals surface area contributed by atoms with Crippen molar-refractivity contribution >= 4 is 20.3 Å². The second-order valence-electron chi connectivity index (χ2n) is 8.19. The highest BCUT2D eigenvalue weighted by atomic mass is 28.4. The summed E-state index contributed by atoms with van der Waals surface area (Å²) in [5, 5.41) is 0.0794. The summed E-state index contributed by atoms with van der Waals surface area (Å²) in [6, 6.07) is -0.392. The van der Waals surface area contributed by atoms with Crippen LogP contribution >= 0.6 is 0 Å². The molecule has 1 aliphatic rings. The van der Waals surface area contributed by atoms with Gasteiger partial charge in [-0.1, -0.05) is 26.8 Å². The second-order valence-corrected chi connectivity index (χ2v) is 13.0. The van der Waals surface area contributed by atoms with E-state index < -0.39 is 26.1 Å². The van der Waals surface area contributed by atoms with E-state index in [0.717, 1.165) is 4.90 Å². The summed E-state index contributed by atoms with van der Waals surface area (Å²) in [4.78, 5) is 25.3. The number of rotatable bonds is 3. The normalized spacial score (nSPS) is 19.7. The Morgan fingerprint density at radius 3 is 2.23 bits per heavy atom. The molecule has 1 unspecified atom stereocenters. The van der Waals surface area contributed by atoms with Gasteiger partial charge in [-0.25, -0.2) is 9.69 Å². The van der Waals surface area contributed by atoms with Gasteiger partial charge in [-0.15, -0.1) is 0 Å². The summed E-state index contributed by atoms with van der Waals surface area (Å²) >= 11 is 0. The van der Waals surface area contributed by atoms with E-state index in [4.69, 9.17) is 9.16 Å². The van der Waals surface area contributed by atoms with Crippen molar-refractivity contribution in [1.29, 1.82) is 0 Å². The van der Waals surface area contributed by atoms with E-state index in [1.54, 1.807) is 26.8 Å². The number of hydrogen-bond donors (Lipinski definition) is 0. The molecule has 6 heteroatoms. The molecule has 0 saturated heterocycles. The van der Waals surface area contributed by atoms with Gasteiger partial charge in [0, 0.05) is 6.08 Å². The molecule has 22 heavy (non-hydrogen) atoms. The number of carbonyl (C=O) groups excluding carboxylic acids is 2. The molecule has 5 nitrogen and oxygen atoms in total. The Morgan fingerprint density at radius 2 is 1.77 bits per heavy atom. The molecule has 2 amide bonds. The first-order chi connectivity index (χ1) is 9.74. The molecular formula is C16H29NO4Si. The Bertz CT molecular complexity index is 472. The summed E-state index contributed by atoms with van der Waals surface area (Å²) < 4.78 is 11.4. The van der Waals surface area contributed by atoms with Gasteiger partial charge in [-0.2, -0.15) is 0 Å². The molecule has 0 N–H and O–H groups in total. The minimum atomic E-state index is -1.93. The van der Waals surface area contributed by atoms with Crippen LogP contribution in [-0.2, 0) is 14.0 Å². The third-order valence-electron chi connectivity index (χ3n) is 4.04. The molecule has 1 rings (SSSR count). The van der Waals surface area contributed by atoms with Crippen LogP contribution in [0.15, 0.2) is 12.2 Å². The predicted octanol–water partition coefficient (Wildman–Crippen LogP) is 3.71. The molecular weight excluding hydrogens is 298 g/mol. The van der Waals surface area contributed by atoms with Crippen LogP contribution < -0.4 is 0 Å². The number of carbonyl (C=O) groups is 2. The summed E-state index contributed by atoms with van der Waals surface area (Å²) in [6.45, 7) is 16.4. The van der Waals surface area contributed by atoms with Crippen LogP contribution in [0.3, 0.4) is 0 Å². The molecule has 0 saturated carbocycles. The minimum Gasteiger partial charge on any atom is -0.443 e. The lowest BCUT2D eigenvalue weighted by atomic mass is 10.2. The molecule has 0 fully saturated rings. The lowest BCUT2D eigenvalue weighted by Crippen LogP contribution is -2.48. The third kappa shape index (κ3) is 4.68. The van der Waals surface area contributed by atoms with Gasteiger partial charge in [0.1, 0.15) is 5.60 Å². The predicted molar refractivity (Wildman–Crippen MR) is 89.2 cm³/mol. The average molecular weight is 327 g/mol. The average Bonchev–Trinajstić information content (AvgIpc) is 2.64. The van der Waals surface area contributed by atoms with Crippen LogP contribution in [0.4, 0.5) is 4.79 Å². The summed E-state index contributed by atoms with van der Waals surface area (Å²) in [7, 11) is -1.93. The fourth-order valence-corrected chi connectivity index (χ4v) is 2.72. The SMILES string of the molecule is CC(C)(C)OC(=O)N1C(=O)C=CC1CO[Si](C)(C)C(C)(C)C. The highest BCUT2D eigenvalue weighted by molar-refractivity contribution is 6.74. The van der Waals surface area contributed by atoms with E-state index in [-0.39, 0.29) is 10.9 Å². The lowest BCUT2D eigenvalue weighted by Gasteiger charge is -2.37. The highest BCUT2D eigenvalue weighted by Gasteiger charge is 2.40. The van der Waals surface area contributed by atoms with Crippen molar-refractivity contribution in [3.8, 4) is 0 Å². The number of ether oxygens (including phenoxy) is 1. The number of nitrogens with zero attached hydrogens (tertiary/aromatic N) is 1. The fraction of sp³-hybridized carbons (Fsp3) is 0.750. The zero-order chi connectivity index (χ0) is 17.3. The van der Waals surface area contributed by atoms with Crippen molar-refractivity contribution < 1.29 is 18.8 Å². The molecule has 1 atom stereocenters. The van der Waals surface area contributed by atoms with Gasteiger partial charge >= 0.3 is 6.09 Å². The summed E-state index contributed by atoms with van der Waals surface area (Å²) in [5.74, 6) is -0.349. The zero-order valence-corrected chi connectivity index (χ0v) is 16.0. The van der Waals surface area contributed by atoms with Gasteiger partial charge in [0.05, 0.1) is 12.6 Å². The molecule has 0 aromatic carbocycles. The van der Waals surface area contributed by atoms with Crippen molar-refractivity contribution in [2.45, 2.75) is 71.3 Å². The van der Waals surface area contributed by atoms with Crippen molar-refractivity contribution in [1.82, 2.24) is 4.90 Å². The first-order valence-electron chi connectivity index (χ1n) is 7.63. The van der Waals surface area contributed by atoms with Crippen LogP contribution in [0, 0.1) is 0 Å². The van der Waals surface area contributed by atoms with E-state index >= 15 is 0 Å². The third-order valence-corrected chi connectivity index (χ3v) is 8.54. The minimum absolute atomic E-state index is 0.0794. The maximum absolute atomic E-state index is 12.2. The molecule has 1 aliphatic heterocycles.